The summed E-state index contributed by atoms with van der Waals surface area (Å²) in [5, 5.41) is 11.1. The highest BCUT2D eigenvalue weighted by Crippen LogP contribution is 2.38. The smallest absolute Gasteiger partial charge is 0.0656 e. The van der Waals surface area contributed by atoms with Crippen LogP contribution in [0.2, 0.25) is 0 Å². The van der Waals surface area contributed by atoms with Crippen molar-refractivity contribution in [2.75, 3.05) is 32.8 Å². The van der Waals surface area contributed by atoms with Crippen LogP contribution in [0.4, 0.5) is 0 Å². The molecule has 1 atom stereocenters. The number of H-pyrrole nitrogens is 1. The van der Waals surface area contributed by atoms with Crippen molar-refractivity contribution in [3.05, 3.63) is 17.5 Å². The zero-order valence-electron chi connectivity index (χ0n) is 11.7. The molecule has 3 rings (SSSR count). The van der Waals surface area contributed by atoms with E-state index in [2.05, 4.69) is 33.4 Å². The van der Waals surface area contributed by atoms with Crippen LogP contribution in [-0.4, -0.2) is 54.0 Å². The molecule has 1 saturated carbocycles. The van der Waals surface area contributed by atoms with Crippen LogP contribution in [0.3, 0.4) is 0 Å². The molecule has 1 unspecified atom stereocenters. The van der Waals surface area contributed by atoms with Gasteiger partial charge in [-0.25, -0.2) is 0 Å². The van der Waals surface area contributed by atoms with E-state index in [0.717, 1.165) is 45.3 Å². The average molecular weight is 264 g/mol. The zero-order chi connectivity index (χ0) is 13.1. The first kappa shape index (κ1) is 13.1. The van der Waals surface area contributed by atoms with E-state index in [1.165, 1.54) is 24.2 Å². The fraction of sp³-hybridized carbons (Fsp3) is 0.786. The molecule has 5 heteroatoms. The molecule has 0 spiro atoms. The van der Waals surface area contributed by atoms with Gasteiger partial charge in [-0.1, -0.05) is 0 Å². The molecule has 2 aliphatic rings. The third-order valence-corrected chi connectivity index (χ3v) is 3.92. The number of hydrogen-bond donors (Lipinski definition) is 2. The Morgan fingerprint density at radius 3 is 3.00 bits per heavy atom. The van der Waals surface area contributed by atoms with Gasteiger partial charge in [0.2, 0.25) is 0 Å². The minimum absolute atomic E-state index is 0.491. The summed E-state index contributed by atoms with van der Waals surface area (Å²) in [4.78, 5) is 2.46. The summed E-state index contributed by atoms with van der Waals surface area (Å²) in [5.41, 5.74) is 2.45. The van der Waals surface area contributed by atoms with Crippen molar-refractivity contribution in [1.82, 2.24) is 20.4 Å². The van der Waals surface area contributed by atoms with E-state index in [4.69, 9.17) is 4.74 Å². The first-order chi connectivity index (χ1) is 9.31. The minimum atomic E-state index is 0.491. The summed E-state index contributed by atoms with van der Waals surface area (Å²) in [7, 11) is 0. The number of rotatable bonds is 6. The zero-order valence-corrected chi connectivity index (χ0v) is 11.7. The van der Waals surface area contributed by atoms with Crippen molar-refractivity contribution in [1.29, 1.82) is 0 Å². The van der Waals surface area contributed by atoms with E-state index in [9.17, 15) is 0 Å². The molecule has 2 heterocycles. The largest absolute Gasteiger partial charge is 0.379 e. The predicted octanol–water partition coefficient (Wildman–Crippen LogP) is 1.10. The molecule has 0 aromatic carbocycles. The van der Waals surface area contributed by atoms with E-state index in [1.54, 1.807) is 0 Å². The van der Waals surface area contributed by atoms with Gasteiger partial charge >= 0.3 is 0 Å². The second-order valence-electron chi connectivity index (χ2n) is 5.79. The number of hydrogen-bond acceptors (Lipinski definition) is 4. The van der Waals surface area contributed by atoms with Crippen LogP contribution in [0.15, 0.2) is 6.07 Å². The molecule has 0 bridgehead atoms. The van der Waals surface area contributed by atoms with Gasteiger partial charge in [-0.05, 0) is 25.8 Å². The number of aromatic nitrogens is 2. The Balaban J connectivity index is 1.40. The first-order valence-corrected chi connectivity index (χ1v) is 7.39. The van der Waals surface area contributed by atoms with Gasteiger partial charge < -0.3 is 10.1 Å². The van der Waals surface area contributed by atoms with E-state index < -0.39 is 0 Å². The van der Waals surface area contributed by atoms with Gasteiger partial charge in [0.25, 0.3) is 0 Å². The van der Waals surface area contributed by atoms with Crippen molar-refractivity contribution in [2.24, 2.45) is 0 Å². The van der Waals surface area contributed by atoms with Crippen molar-refractivity contribution < 1.29 is 4.74 Å². The quantitative estimate of drug-likeness (QED) is 0.808. The summed E-state index contributed by atoms with van der Waals surface area (Å²) >= 11 is 0. The lowest BCUT2D eigenvalue weighted by Crippen LogP contribution is -2.44. The third kappa shape index (κ3) is 3.78. The van der Waals surface area contributed by atoms with E-state index in [0.29, 0.717) is 6.04 Å². The molecule has 1 aromatic rings. The monoisotopic (exact) mass is 264 g/mol. The summed E-state index contributed by atoms with van der Waals surface area (Å²) in [6.07, 6.45) is 2.62. The molecular weight excluding hydrogens is 240 g/mol. The maximum atomic E-state index is 5.37. The molecule has 5 nitrogen and oxygen atoms in total. The van der Waals surface area contributed by atoms with E-state index in [1.807, 2.05) is 0 Å². The Kier molecular flexibility index (Phi) is 4.15. The second-order valence-corrected chi connectivity index (χ2v) is 5.79. The van der Waals surface area contributed by atoms with Crippen LogP contribution in [0.25, 0.3) is 0 Å². The third-order valence-electron chi connectivity index (χ3n) is 3.92. The van der Waals surface area contributed by atoms with Gasteiger partial charge in [-0.2, -0.15) is 5.10 Å². The van der Waals surface area contributed by atoms with Crippen LogP contribution in [0.1, 0.15) is 37.1 Å². The highest BCUT2D eigenvalue weighted by atomic mass is 16.5. The molecule has 2 fully saturated rings. The first-order valence-electron chi connectivity index (χ1n) is 7.39. The lowest BCUT2D eigenvalue weighted by Gasteiger charge is -2.29. The van der Waals surface area contributed by atoms with E-state index in [-0.39, 0.29) is 0 Å². The molecule has 106 valence electrons. The van der Waals surface area contributed by atoms with Crippen LogP contribution in [-0.2, 0) is 11.3 Å². The van der Waals surface area contributed by atoms with Crippen LogP contribution >= 0.6 is 0 Å². The molecular formula is C14H24N4O. The Labute approximate surface area is 114 Å². The number of aromatic amines is 1. The SMILES string of the molecule is CC(CN1CCOCC1)NCc1cc(C2CC2)n[nH]1. The van der Waals surface area contributed by atoms with Gasteiger partial charge in [0.05, 0.1) is 18.9 Å². The van der Waals surface area contributed by atoms with Gasteiger partial charge in [0.15, 0.2) is 0 Å². The van der Waals surface area contributed by atoms with Gasteiger partial charge in [-0.15, -0.1) is 0 Å². The highest BCUT2D eigenvalue weighted by molar-refractivity contribution is 5.17. The van der Waals surface area contributed by atoms with Crippen LogP contribution in [0.5, 0.6) is 0 Å². The molecule has 2 N–H and O–H groups in total. The minimum Gasteiger partial charge on any atom is -0.379 e. The van der Waals surface area contributed by atoms with Gasteiger partial charge in [-0.3, -0.25) is 10.00 Å². The van der Waals surface area contributed by atoms with Crippen molar-refractivity contribution in [2.45, 2.75) is 38.3 Å². The number of nitrogens with one attached hydrogen (secondary N) is 2. The Morgan fingerprint density at radius 2 is 2.26 bits per heavy atom. The highest BCUT2D eigenvalue weighted by Gasteiger charge is 2.26. The lowest BCUT2D eigenvalue weighted by atomic mass is 10.2. The topological polar surface area (TPSA) is 53.2 Å². The van der Waals surface area contributed by atoms with Crippen molar-refractivity contribution in [3.8, 4) is 0 Å². The average Bonchev–Trinajstić information content (AvgIpc) is 3.17. The Bertz CT molecular complexity index is 396. The molecule has 19 heavy (non-hydrogen) atoms. The fourth-order valence-electron chi connectivity index (χ4n) is 2.58. The van der Waals surface area contributed by atoms with Crippen molar-refractivity contribution in [3.63, 3.8) is 0 Å². The summed E-state index contributed by atoms with van der Waals surface area (Å²) < 4.78 is 5.37. The molecule has 1 aliphatic heterocycles. The predicted molar refractivity (Wildman–Crippen MR) is 74.1 cm³/mol. The Morgan fingerprint density at radius 1 is 1.47 bits per heavy atom. The normalized spacial score (nSPS) is 22.6. The van der Waals surface area contributed by atoms with E-state index >= 15 is 0 Å². The summed E-state index contributed by atoms with van der Waals surface area (Å²) in [6.45, 7) is 8.08. The van der Waals surface area contributed by atoms with Crippen molar-refractivity contribution >= 4 is 0 Å². The van der Waals surface area contributed by atoms with Crippen LogP contribution < -0.4 is 5.32 Å². The second kappa shape index (κ2) is 6.03. The molecule has 1 aliphatic carbocycles. The van der Waals surface area contributed by atoms with Crippen LogP contribution in [0, 0.1) is 0 Å². The molecule has 1 aromatic heterocycles. The summed E-state index contributed by atoms with van der Waals surface area (Å²) in [5.74, 6) is 0.732. The molecule has 1 saturated heterocycles. The molecule has 0 amide bonds. The Hall–Kier alpha value is -0.910. The number of ether oxygens (including phenoxy) is 1. The summed E-state index contributed by atoms with van der Waals surface area (Å²) in [6, 6.07) is 2.71. The number of morpholine rings is 1. The fourth-order valence-corrected chi connectivity index (χ4v) is 2.58. The maximum absolute atomic E-state index is 5.37. The molecule has 0 radical (unpaired) electrons. The number of nitrogens with zero attached hydrogens (tertiary/aromatic N) is 2. The lowest BCUT2D eigenvalue weighted by molar-refractivity contribution is 0.0343. The maximum Gasteiger partial charge on any atom is 0.0656 e. The standard InChI is InChI=1S/C14H24N4O/c1-11(10-18-4-6-19-7-5-18)15-9-13-8-14(17-16-13)12-2-3-12/h8,11-12,15H,2-7,9-10H2,1H3,(H,16,17). The van der Waals surface area contributed by atoms with Gasteiger partial charge in [0, 0.05) is 43.8 Å². The van der Waals surface area contributed by atoms with Gasteiger partial charge in [0.1, 0.15) is 0 Å².